The summed E-state index contributed by atoms with van der Waals surface area (Å²) in [6.07, 6.45) is 2.63. The van der Waals surface area contributed by atoms with E-state index < -0.39 is 5.54 Å². The Morgan fingerprint density at radius 2 is 2.28 bits per heavy atom. The summed E-state index contributed by atoms with van der Waals surface area (Å²) >= 11 is 1.74. The van der Waals surface area contributed by atoms with Crippen molar-refractivity contribution in [2.45, 2.75) is 38.3 Å². The number of nitrogens with one attached hydrogen (secondary N) is 1. The van der Waals surface area contributed by atoms with Crippen molar-refractivity contribution in [2.24, 2.45) is 0 Å². The first kappa shape index (κ1) is 13.7. The molecule has 0 aromatic heterocycles. The van der Waals surface area contributed by atoms with Gasteiger partial charge in [-0.3, -0.25) is 9.69 Å². The molecule has 2 aliphatic heterocycles. The smallest absolute Gasteiger partial charge is 0.325 e. The number of amides is 3. The first-order valence-corrected chi connectivity index (χ1v) is 7.49. The minimum Gasteiger partial charge on any atom is -0.377 e. The van der Waals surface area contributed by atoms with Crippen molar-refractivity contribution in [1.29, 1.82) is 0 Å². The second kappa shape index (κ2) is 5.48. The van der Waals surface area contributed by atoms with Gasteiger partial charge in [-0.2, -0.15) is 11.8 Å². The van der Waals surface area contributed by atoms with Gasteiger partial charge in [-0.05, 0) is 26.7 Å². The zero-order valence-corrected chi connectivity index (χ0v) is 11.7. The Labute approximate surface area is 112 Å². The number of urea groups is 1. The van der Waals surface area contributed by atoms with Crippen LogP contribution < -0.4 is 5.32 Å². The van der Waals surface area contributed by atoms with Gasteiger partial charge in [0, 0.05) is 24.7 Å². The first-order valence-electron chi connectivity index (χ1n) is 6.34. The van der Waals surface area contributed by atoms with Crippen molar-refractivity contribution in [3.8, 4) is 0 Å². The van der Waals surface area contributed by atoms with Gasteiger partial charge in [0.1, 0.15) is 5.54 Å². The number of hydrogen-bond acceptors (Lipinski definition) is 4. The van der Waals surface area contributed by atoms with E-state index in [-0.39, 0.29) is 11.9 Å². The summed E-state index contributed by atoms with van der Waals surface area (Å²) in [5, 5.41) is 2.68. The number of rotatable bonds is 5. The van der Waals surface area contributed by atoms with Crippen molar-refractivity contribution >= 4 is 23.7 Å². The Kier molecular flexibility index (Phi) is 4.17. The molecular formula is C12H20N2O3S. The average molecular weight is 272 g/mol. The molecule has 0 radical (unpaired) electrons. The van der Waals surface area contributed by atoms with E-state index in [0.717, 1.165) is 31.0 Å². The average Bonchev–Trinajstić information content (AvgIpc) is 2.85. The zero-order valence-electron chi connectivity index (χ0n) is 10.9. The fourth-order valence-electron chi connectivity index (χ4n) is 2.17. The Hall–Kier alpha value is -0.750. The lowest BCUT2D eigenvalue weighted by atomic mass is 10.1. The Morgan fingerprint density at radius 1 is 1.50 bits per heavy atom. The third kappa shape index (κ3) is 2.98. The second-order valence-electron chi connectivity index (χ2n) is 5.22. The van der Waals surface area contributed by atoms with Crippen molar-refractivity contribution in [1.82, 2.24) is 10.2 Å². The van der Waals surface area contributed by atoms with Crippen molar-refractivity contribution in [2.75, 3.05) is 24.7 Å². The van der Waals surface area contributed by atoms with E-state index in [0.29, 0.717) is 12.6 Å². The van der Waals surface area contributed by atoms with E-state index in [9.17, 15) is 9.59 Å². The molecule has 102 valence electrons. The van der Waals surface area contributed by atoms with Crippen LogP contribution >= 0.6 is 11.8 Å². The third-order valence-electron chi connectivity index (χ3n) is 3.23. The summed E-state index contributed by atoms with van der Waals surface area (Å²) < 4.78 is 5.52. The largest absolute Gasteiger partial charge is 0.377 e. The minimum atomic E-state index is -0.754. The van der Waals surface area contributed by atoms with Crippen LogP contribution in [0.25, 0.3) is 0 Å². The molecule has 1 atom stereocenters. The van der Waals surface area contributed by atoms with Crippen LogP contribution in [0.1, 0.15) is 26.7 Å². The zero-order chi connectivity index (χ0) is 13.2. The van der Waals surface area contributed by atoms with E-state index >= 15 is 0 Å². The lowest BCUT2D eigenvalue weighted by Crippen LogP contribution is -2.40. The SMILES string of the molecule is CC1(C)NC(=O)N(CCSC[C@H]2CCCO2)C1=O. The van der Waals surface area contributed by atoms with Crippen LogP contribution in [0.2, 0.25) is 0 Å². The summed E-state index contributed by atoms with van der Waals surface area (Å²) in [7, 11) is 0. The Bertz CT molecular complexity index is 340. The standard InChI is InChI=1S/C12H20N2O3S/c1-12(2)10(15)14(11(16)13-12)5-7-18-8-9-4-3-6-17-9/h9H,3-8H2,1-2H3,(H,13,16)/t9-/m1/s1. The van der Waals surface area contributed by atoms with Gasteiger partial charge in [0.05, 0.1) is 6.10 Å². The number of imide groups is 1. The lowest BCUT2D eigenvalue weighted by molar-refractivity contribution is -0.130. The van der Waals surface area contributed by atoms with Crippen LogP contribution in [-0.4, -0.2) is 53.1 Å². The van der Waals surface area contributed by atoms with E-state index in [2.05, 4.69) is 5.32 Å². The monoisotopic (exact) mass is 272 g/mol. The van der Waals surface area contributed by atoms with E-state index in [4.69, 9.17) is 4.74 Å². The maximum absolute atomic E-state index is 11.9. The lowest BCUT2D eigenvalue weighted by Gasteiger charge is -2.16. The van der Waals surface area contributed by atoms with Gasteiger partial charge in [-0.15, -0.1) is 0 Å². The summed E-state index contributed by atoms with van der Waals surface area (Å²) in [5.41, 5.74) is -0.754. The van der Waals surface area contributed by atoms with Crippen LogP contribution in [0.5, 0.6) is 0 Å². The number of hydrogen-bond donors (Lipinski definition) is 1. The quantitative estimate of drug-likeness (QED) is 0.604. The molecule has 0 unspecified atom stereocenters. The van der Waals surface area contributed by atoms with Crippen LogP contribution in [-0.2, 0) is 9.53 Å². The van der Waals surface area contributed by atoms with Crippen molar-refractivity contribution in [3.63, 3.8) is 0 Å². The van der Waals surface area contributed by atoms with Gasteiger partial charge >= 0.3 is 6.03 Å². The fourth-order valence-corrected chi connectivity index (χ4v) is 3.17. The van der Waals surface area contributed by atoms with Gasteiger partial charge < -0.3 is 10.1 Å². The minimum absolute atomic E-state index is 0.134. The van der Waals surface area contributed by atoms with E-state index in [1.54, 1.807) is 25.6 Å². The van der Waals surface area contributed by atoms with Gasteiger partial charge in [0.15, 0.2) is 0 Å². The first-order chi connectivity index (χ1) is 8.50. The molecular weight excluding hydrogens is 252 g/mol. The Morgan fingerprint density at radius 3 is 2.83 bits per heavy atom. The van der Waals surface area contributed by atoms with Gasteiger partial charge in [-0.1, -0.05) is 0 Å². The highest BCUT2D eigenvalue weighted by molar-refractivity contribution is 7.99. The van der Waals surface area contributed by atoms with Crippen molar-refractivity contribution < 1.29 is 14.3 Å². The molecule has 0 aliphatic carbocycles. The number of nitrogens with zero attached hydrogens (tertiary/aromatic N) is 1. The molecule has 2 fully saturated rings. The second-order valence-corrected chi connectivity index (χ2v) is 6.37. The topological polar surface area (TPSA) is 58.6 Å². The highest BCUT2D eigenvalue weighted by Gasteiger charge is 2.43. The molecule has 0 bridgehead atoms. The summed E-state index contributed by atoms with van der Waals surface area (Å²) in [6.45, 7) is 4.80. The molecule has 0 spiro atoms. The van der Waals surface area contributed by atoms with E-state index in [1.807, 2.05) is 0 Å². The summed E-state index contributed by atoms with van der Waals surface area (Å²) in [4.78, 5) is 24.8. The van der Waals surface area contributed by atoms with Gasteiger partial charge in [0.2, 0.25) is 0 Å². The summed E-state index contributed by atoms with van der Waals surface area (Å²) in [6, 6.07) is -0.275. The summed E-state index contributed by atoms with van der Waals surface area (Å²) in [5.74, 6) is 1.59. The molecule has 2 rings (SSSR count). The highest BCUT2D eigenvalue weighted by Crippen LogP contribution is 2.19. The molecule has 0 saturated carbocycles. The molecule has 0 aromatic carbocycles. The molecule has 2 saturated heterocycles. The number of carbonyl (C=O) groups excluding carboxylic acids is 2. The van der Waals surface area contributed by atoms with Crippen LogP contribution in [0.15, 0.2) is 0 Å². The normalized spacial score (nSPS) is 26.8. The molecule has 3 amide bonds. The van der Waals surface area contributed by atoms with Crippen LogP contribution in [0.3, 0.4) is 0 Å². The molecule has 6 heteroatoms. The molecule has 18 heavy (non-hydrogen) atoms. The number of carbonyl (C=O) groups is 2. The number of ether oxygens (including phenoxy) is 1. The highest BCUT2D eigenvalue weighted by atomic mass is 32.2. The Balaban J connectivity index is 1.70. The fraction of sp³-hybridized carbons (Fsp3) is 0.833. The maximum atomic E-state index is 11.9. The molecule has 2 aliphatic rings. The predicted octanol–water partition coefficient (Wildman–Crippen LogP) is 1.23. The van der Waals surface area contributed by atoms with Gasteiger partial charge in [0.25, 0.3) is 5.91 Å². The molecule has 5 nitrogen and oxygen atoms in total. The number of thioether (sulfide) groups is 1. The van der Waals surface area contributed by atoms with Gasteiger partial charge in [-0.25, -0.2) is 4.79 Å². The maximum Gasteiger partial charge on any atom is 0.325 e. The van der Waals surface area contributed by atoms with Crippen LogP contribution in [0.4, 0.5) is 4.79 Å². The van der Waals surface area contributed by atoms with Crippen LogP contribution in [0, 0.1) is 0 Å². The van der Waals surface area contributed by atoms with Crippen molar-refractivity contribution in [3.05, 3.63) is 0 Å². The molecule has 1 N–H and O–H groups in total. The third-order valence-corrected chi connectivity index (χ3v) is 4.31. The van der Waals surface area contributed by atoms with E-state index in [1.165, 1.54) is 4.90 Å². The molecule has 0 aromatic rings. The predicted molar refractivity (Wildman–Crippen MR) is 70.6 cm³/mol. The molecule has 2 heterocycles.